The fraction of sp³-hybridized carbons (Fsp3) is 1.00. The minimum atomic E-state index is -0.692. The van der Waals surface area contributed by atoms with Crippen LogP contribution in [0.4, 0.5) is 0 Å². The molecule has 0 saturated heterocycles. The first-order valence-electron chi connectivity index (χ1n) is 6.40. The monoisotopic (exact) mass is 246 g/mol. The Labute approximate surface area is 102 Å². The molecule has 0 aromatic rings. The molecule has 1 saturated carbocycles. The fourth-order valence-corrected chi connectivity index (χ4v) is 2.85. The van der Waals surface area contributed by atoms with E-state index in [1.807, 2.05) is 0 Å². The van der Waals surface area contributed by atoms with Gasteiger partial charge in [-0.3, -0.25) is 4.21 Å². The predicted octanol–water partition coefficient (Wildman–Crippen LogP) is 1.25. The molecule has 4 atom stereocenters. The van der Waals surface area contributed by atoms with Crippen molar-refractivity contribution >= 4 is 10.8 Å². The van der Waals surface area contributed by atoms with Gasteiger partial charge in [-0.05, 0) is 38.3 Å². The lowest BCUT2D eigenvalue weighted by molar-refractivity contribution is 0.268. The normalized spacial score (nSPS) is 29.9. The first kappa shape index (κ1) is 14.1. The topological polar surface area (TPSA) is 55.1 Å². The maximum atomic E-state index is 11.2. The van der Waals surface area contributed by atoms with E-state index in [0.29, 0.717) is 17.2 Å². The van der Waals surface area contributed by atoms with E-state index in [1.54, 1.807) is 6.26 Å². The van der Waals surface area contributed by atoms with Crippen molar-refractivity contribution in [2.45, 2.75) is 50.3 Å². The summed E-state index contributed by atoms with van der Waals surface area (Å²) < 4.78 is 11.2. The molecule has 3 nitrogen and oxygen atoms in total. The highest BCUT2D eigenvalue weighted by molar-refractivity contribution is 7.84. The first-order chi connectivity index (χ1) is 7.65. The molecule has 0 aliphatic heterocycles. The highest BCUT2D eigenvalue weighted by Gasteiger charge is 2.23. The molecule has 0 bridgehead atoms. The second-order valence-corrected chi connectivity index (χ2v) is 6.74. The zero-order chi connectivity index (χ0) is 12.0. The van der Waals surface area contributed by atoms with E-state index in [9.17, 15) is 4.21 Å². The molecule has 16 heavy (non-hydrogen) atoms. The van der Waals surface area contributed by atoms with Crippen LogP contribution < -0.4 is 11.1 Å². The van der Waals surface area contributed by atoms with Crippen molar-refractivity contribution in [2.24, 2.45) is 11.7 Å². The number of rotatable bonds is 6. The summed E-state index contributed by atoms with van der Waals surface area (Å²) >= 11 is 0. The van der Waals surface area contributed by atoms with Gasteiger partial charge in [0.1, 0.15) is 0 Å². The molecule has 1 rings (SSSR count). The van der Waals surface area contributed by atoms with Crippen molar-refractivity contribution in [2.75, 3.05) is 19.3 Å². The lowest BCUT2D eigenvalue weighted by Gasteiger charge is -2.31. The van der Waals surface area contributed by atoms with Gasteiger partial charge in [-0.15, -0.1) is 0 Å². The van der Waals surface area contributed by atoms with Gasteiger partial charge in [0.25, 0.3) is 0 Å². The second kappa shape index (κ2) is 7.41. The minimum absolute atomic E-state index is 0.299. The molecular weight excluding hydrogens is 220 g/mol. The van der Waals surface area contributed by atoms with Gasteiger partial charge in [0.15, 0.2) is 0 Å². The third kappa shape index (κ3) is 4.52. The van der Waals surface area contributed by atoms with Gasteiger partial charge in [-0.25, -0.2) is 0 Å². The quantitative estimate of drug-likeness (QED) is 0.741. The summed E-state index contributed by atoms with van der Waals surface area (Å²) in [6.45, 7) is 3.83. The molecule has 0 heterocycles. The summed E-state index contributed by atoms with van der Waals surface area (Å²) in [5.74, 6) is 0.649. The van der Waals surface area contributed by atoms with Gasteiger partial charge >= 0.3 is 0 Å². The lowest BCUT2D eigenvalue weighted by atomic mass is 9.84. The van der Waals surface area contributed by atoms with Crippen molar-refractivity contribution in [3.63, 3.8) is 0 Å². The molecule has 3 N–H and O–H groups in total. The zero-order valence-electron chi connectivity index (χ0n) is 10.6. The van der Waals surface area contributed by atoms with Crippen LogP contribution in [0.3, 0.4) is 0 Å². The first-order valence-corrected chi connectivity index (χ1v) is 8.03. The highest BCUT2D eigenvalue weighted by Crippen LogP contribution is 2.23. The number of nitrogens with two attached hydrogens (primary N) is 1. The second-order valence-electron chi connectivity index (χ2n) is 4.94. The van der Waals surface area contributed by atoms with Crippen molar-refractivity contribution in [3.05, 3.63) is 0 Å². The molecule has 0 aromatic carbocycles. The molecule has 4 unspecified atom stereocenters. The average Bonchev–Trinajstić information content (AvgIpc) is 2.29. The van der Waals surface area contributed by atoms with Crippen LogP contribution in [0.2, 0.25) is 0 Å². The SMILES string of the molecule is CC(CCNC1CCCCC1CN)S(C)=O. The van der Waals surface area contributed by atoms with Crippen LogP contribution in [-0.2, 0) is 10.8 Å². The molecule has 1 aliphatic carbocycles. The van der Waals surface area contributed by atoms with Crippen LogP contribution >= 0.6 is 0 Å². The summed E-state index contributed by atoms with van der Waals surface area (Å²) in [4.78, 5) is 0. The van der Waals surface area contributed by atoms with E-state index >= 15 is 0 Å². The number of hydrogen-bond acceptors (Lipinski definition) is 3. The van der Waals surface area contributed by atoms with Crippen LogP contribution in [0, 0.1) is 5.92 Å². The maximum absolute atomic E-state index is 11.2. The minimum Gasteiger partial charge on any atom is -0.330 e. The van der Waals surface area contributed by atoms with Crippen LogP contribution in [0.1, 0.15) is 39.0 Å². The van der Waals surface area contributed by atoms with Crippen molar-refractivity contribution in [1.82, 2.24) is 5.32 Å². The summed E-state index contributed by atoms with van der Waals surface area (Å²) in [7, 11) is -0.692. The summed E-state index contributed by atoms with van der Waals surface area (Å²) in [6, 6.07) is 0.594. The maximum Gasteiger partial charge on any atom is 0.0329 e. The molecule has 1 fully saturated rings. The number of nitrogens with one attached hydrogen (secondary N) is 1. The fourth-order valence-electron chi connectivity index (χ4n) is 2.40. The molecule has 96 valence electrons. The zero-order valence-corrected chi connectivity index (χ0v) is 11.4. The van der Waals surface area contributed by atoms with E-state index in [0.717, 1.165) is 19.5 Å². The molecule has 0 spiro atoms. The third-order valence-corrected chi connectivity index (χ3v) is 5.10. The summed E-state index contributed by atoms with van der Waals surface area (Å²) in [6.07, 6.45) is 7.96. The Morgan fingerprint density at radius 3 is 2.75 bits per heavy atom. The molecule has 0 amide bonds. The Kier molecular flexibility index (Phi) is 6.54. The van der Waals surface area contributed by atoms with Gasteiger partial charge in [0.05, 0.1) is 0 Å². The average molecular weight is 246 g/mol. The van der Waals surface area contributed by atoms with Crippen molar-refractivity contribution in [1.29, 1.82) is 0 Å². The molecule has 4 heteroatoms. The van der Waals surface area contributed by atoms with Crippen LogP contribution in [0.15, 0.2) is 0 Å². The third-order valence-electron chi connectivity index (χ3n) is 3.74. The van der Waals surface area contributed by atoms with Crippen LogP contribution in [0.25, 0.3) is 0 Å². The Morgan fingerprint density at radius 1 is 1.44 bits per heavy atom. The van der Waals surface area contributed by atoms with Crippen LogP contribution in [-0.4, -0.2) is 34.8 Å². The molecule has 1 aliphatic rings. The standard InChI is InChI=1S/C12H26N2OS/c1-10(16(2)15)7-8-14-12-6-4-3-5-11(12)9-13/h10-12,14H,3-9,13H2,1-2H3. The predicted molar refractivity (Wildman–Crippen MR) is 70.9 cm³/mol. The smallest absolute Gasteiger partial charge is 0.0329 e. The Morgan fingerprint density at radius 2 is 2.12 bits per heavy atom. The molecular formula is C12H26N2OS. The summed E-state index contributed by atoms with van der Waals surface area (Å²) in [5.41, 5.74) is 5.78. The van der Waals surface area contributed by atoms with E-state index < -0.39 is 10.8 Å². The van der Waals surface area contributed by atoms with Gasteiger partial charge < -0.3 is 11.1 Å². The van der Waals surface area contributed by atoms with E-state index in [1.165, 1.54) is 25.7 Å². The highest BCUT2D eigenvalue weighted by atomic mass is 32.2. The largest absolute Gasteiger partial charge is 0.330 e. The van der Waals surface area contributed by atoms with E-state index in [2.05, 4.69) is 12.2 Å². The molecule has 0 aromatic heterocycles. The van der Waals surface area contributed by atoms with E-state index in [-0.39, 0.29) is 0 Å². The Balaban J connectivity index is 2.22. The van der Waals surface area contributed by atoms with Crippen molar-refractivity contribution in [3.8, 4) is 0 Å². The number of hydrogen-bond donors (Lipinski definition) is 2. The van der Waals surface area contributed by atoms with Gasteiger partial charge in [0, 0.05) is 28.3 Å². The molecule has 0 radical (unpaired) electrons. The van der Waals surface area contributed by atoms with Crippen LogP contribution in [0.5, 0.6) is 0 Å². The van der Waals surface area contributed by atoms with Crippen molar-refractivity contribution < 1.29 is 4.21 Å². The lowest BCUT2D eigenvalue weighted by Crippen LogP contribution is -2.42. The summed E-state index contributed by atoms with van der Waals surface area (Å²) in [5, 5.41) is 3.89. The van der Waals surface area contributed by atoms with Gasteiger partial charge in [-0.1, -0.05) is 19.8 Å². The van der Waals surface area contributed by atoms with Gasteiger partial charge in [0.2, 0.25) is 0 Å². The van der Waals surface area contributed by atoms with E-state index in [4.69, 9.17) is 5.73 Å². The van der Waals surface area contributed by atoms with Gasteiger partial charge in [-0.2, -0.15) is 0 Å². The Bertz CT molecular complexity index is 223. The Hall–Kier alpha value is 0.0700.